The third-order valence-electron chi connectivity index (χ3n) is 1.81. The number of hydrogen-bond donors (Lipinski definition) is 2. The molecular formula is C10H9IN4O. The van der Waals surface area contributed by atoms with Gasteiger partial charge in [0.1, 0.15) is 5.75 Å². The maximum atomic E-state index is 5.54. The van der Waals surface area contributed by atoms with E-state index in [0.717, 1.165) is 9.32 Å². The lowest BCUT2D eigenvalue weighted by Gasteiger charge is -2.05. The monoisotopic (exact) mass is 328 g/mol. The molecule has 0 saturated heterocycles. The Labute approximate surface area is 106 Å². The topological polar surface area (TPSA) is 73.1 Å². The molecule has 0 fully saturated rings. The zero-order chi connectivity index (χ0) is 11.4. The van der Waals surface area contributed by atoms with Crippen LogP contribution in [0.4, 0.5) is 5.95 Å². The number of nitrogens with zero attached hydrogens (tertiary/aromatic N) is 2. The Bertz CT molecular complexity index is 457. The van der Waals surface area contributed by atoms with Crippen LogP contribution < -0.4 is 16.0 Å². The smallest absolute Gasteiger partial charge is 0.237 e. The number of nitrogens with one attached hydrogen (secondary N) is 1. The average Bonchev–Trinajstić information content (AvgIpc) is 2.33. The first kappa shape index (κ1) is 11.1. The van der Waals surface area contributed by atoms with Gasteiger partial charge < -0.3 is 4.74 Å². The van der Waals surface area contributed by atoms with E-state index in [0.29, 0.717) is 11.7 Å². The highest BCUT2D eigenvalue weighted by Crippen LogP contribution is 2.20. The van der Waals surface area contributed by atoms with Crippen LogP contribution in [0.1, 0.15) is 0 Å². The Hall–Kier alpha value is -1.41. The minimum absolute atomic E-state index is 0.356. The summed E-state index contributed by atoms with van der Waals surface area (Å²) in [5.41, 5.74) is 2.35. The van der Waals surface area contributed by atoms with Gasteiger partial charge in [0.15, 0.2) is 5.75 Å². The number of hydrogen-bond acceptors (Lipinski definition) is 5. The maximum absolute atomic E-state index is 5.54. The summed E-state index contributed by atoms with van der Waals surface area (Å²) in [5.74, 6) is 6.83. The van der Waals surface area contributed by atoms with E-state index in [2.05, 4.69) is 38.0 Å². The van der Waals surface area contributed by atoms with Gasteiger partial charge in [-0.3, -0.25) is 5.43 Å². The van der Waals surface area contributed by atoms with Crippen LogP contribution in [0.15, 0.2) is 36.7 Å². The van der Waals surface area contributed by atoms with Crippen LogP contribution in [0.25, 0.3) is 0 Å². The Morgan fingerprint density at radius 3 is 2.25 bits per heavy atom. The molecule has 0 unspecified atom stereocenters. The lowest BCUT2D eigenvalue weighted by Crippen LogP contribution is -2.09. The first-order chi connectivity index (χ1) is 7.78. The molecule has 0 radical (unpaired) electrons. The van der Waals surface area contributed by atoms with Gasteiger partial charge >= 0.3 is 0 Å². The molecule has 0 atom stereocenters. The quantitative estimate of drug-likeness (QED) is 0.513. The van der Waals surface area contributed by atoms with E-state index in [1.807, 2.05) is 24.3 Å². The SMILES string of the molecule is NNc1ncc(Oc2ccc(I)cc2)cn1. The molecule has 6 heteroatoms. The maximum Gasteiger partial charge on any atom is 0.237 e. The van der Waals surface area contributed by atoms with Crippen molar-refractivity contribution in [3.05, 3.63) is 40.2 Å². The van der Waals surface area contributed by atoms with Gasteiger partial charge in [-0.05, 0) is 46.9 Å². The second kappa shape index (κ2) is 5.08. The summed E-state index contributed by atoms with van der Waals surface area (Å²) in [5, 5.41) is 0. The Morgan fingerprint density at radius 2 is 1.69 bits per heavy atom. The van der Waals surface area contributed by atoms with Crippen molar-refractivity contribution in [2.24, 2.45) is 5.84 Å². The van der Waals surface area contributed by atoms with E-state index in [1.54, 1.807) is 12.4 Å². The Balaban J connectivity index is 2.11. The summed E-state index contributed by atoms with van der Waals surface area (Å²) < 4.78 is 6.69. The number of benzene rings is 1. The third-order valence-corrected chi connectivity index (χ3v) is 2.53. The number of nitrogen functional groups attached to an aromatic ring is 1. The van der Waals surface area contributed by atoms with E-state index in [9.17, 15) is 0 Å². The molecule has 0 aliphatic rings. The van der Waals surface area contributed by atoms with Gasteiger partial charge in [-0.1, -0.05) is 0 Å². The predicted octanol–water partition coefficient (Wildman–Crippen LogP) is 2.16. The van der Waals surface area contributed by atoms with E-state index >= 15 is 0 Å². The van der Waals surface area contributed by atoms with Crippen molar-refractivity contribution in [3.63, 3.8) is 0 Å². The number of aromatic nitrogens is 2. The van der Waals surface area contributed by atoms with Crippen LogP contribution >= 0.6 is 22.6 Å². The molecule has 5 nitrogen and oxygen atoms in total. The summed E-state index contributed by atoms with van der Waals surface area (Å²) in [7, 11) is 0. The molecule has 0 amide bonds. The second-order valence-corrected chi connectivity index (χ2v) is 4.19. The van der Waals surface area contributed by atoms with E-state index in [4.69, 9.17) is 10.6 Å². The summed E-state index contributed by atoms with van der Waals surface area (Å²) in [6, 6.07) is 7.70. The van der Waals surface area contributed by atoms with Gasteiger partial charge in [0.2, 0.25) is 5.95 Å². The van der Waals surface area contributed by atoms with Gasteiger partial charge in [0, 0.05) is 3.57 Å². The molecule has 1 aromatic heterocycles. The fourth-order valence-electron chi connectivity index (χ4n) is 1.08. The first-order valence-electron chi connectivity index (χ1n) is 4.50. The van der Waals surface area contributed by atoms with Crippen molar-refractivity contribution in [1.82, 2.24) is 9.97 Å². The molecule has 0 bridgehead atoms. The molecule has 0 saturated carbocycles. The molecule has 3 N–H and O–H groups in total. The van der Waals surface area contributed by atoms with Crippen LogP contribution in [0.3, 0.4) is 0 Å². The molecule has 2 aromatic rings. The largest absolute Gasteiger partial charge is 0.454 e. The van der Waals surface area contributed by atoms with Gasteiger partial charge in [-0.2, -0.15) is 0 Å². The zero-order valence-electron chi connectivity index (χ0n) is 8.22. The van der Waals surface area contributed by atoms with Gasteiger partial charge in [0.25, 0.3) is 0 Å². The molecule has 16 heavy (non-hydrogen) atoms. The normalized spacial score (nSPS) is 9.88. The fourth-order valence-corrected chi connectivity index (χ4v) is 1.44. The number of halogens is 1. The summed E-state index contributed by atoms with van der Waals surface area (Å²) in [6.45, 7) is 0. The van der Waals surface area contributed by atoms with Crippen LogP contribution in [0, 0.1) is 3.57 Å². The molecule has 0 spiro atoms. The number of rotatable bonds is 3. The predicted molar refractivity (Wildman–Crippen MR) is 69.1 cm³/mol. The van der Waals surface area contributed by atoms with E-state index < -0.39 is 0 Å². The second-order valence-electron chi connectivity index (χ2n) is 2.94. The first-order valence-corrected chi connectivity index (χ1v) is 5.58. The lowest BCUT2D eigenvalue weighted by atomic mass is 10.3. The van der Waals surface area contributed by atoms with Crippen molar-refractivity contribution in [3.8, 4) is 11.5 Å². The van der Waals surface area contributed by atoms with Gasteiger partial charge in [-0.25, -0.2) is 15.8 Å². The zero-order valence-corrected chi connectivity index (χ0v) is 10.4. The van der Waals surface area contributed by atoms with Crippen molar-refractivity contribution in [2.45, 2.75) is 0 Å². The van der Waals surface area contributed by atoms with Crippen molar-refractivity contribution in [2.75, 3.05) is 5.43 Å². The molecular weight excluding hydrogens is 319 g/mol. The lowest BCUT2D eigenvalue weighted by molar-refractivity contribution is 0.477. The Kier molecular flexibility index (Phi) is 3.52. The highest BCUT2D eigenvalue weighted by Gasteiger charge is 1.99. The van der Waals surface area contributed by atoms with Gasteiger partial charge in [-0.15, -0.1) is 0 Å². The highest BCUT2D eigenvalue weighted by atomic mass is 127. The highest BCUT2D eigenvalue weighted by molar-refractivity contribution is 14.1. The summed E-state index contributed by atoms with van der Waals surface area (Å²) in [6.07, 6.45) is 3.11. The van der Waals surface area contributed by atoms with Crippen molar-refractivity contribution in [1.29, 1.82) is 0 Å². The fraction of sp³-hybridized carbons (Fsp3) is 0. The number of anilines is 1. The van der Waals surface area contributed by atoms with Crippen molar-refractivity contribution >= 4 is 28.5 Å². The van der Waals surface area contributed by atoms with Crippen LogP contribution in [0.5, 0.6) is 11.5 Å². The molecule has 82 valence electrons. The van der Waals surface area contributed by atoms with E-state index in [-0.39, 0.29) is 0 Å². The van der Waals surface area contributed by atoms with Crippen LogP contribution in [0.2, 0.25) is 0 Å². The summed E-state index contributed by atoms with van der Waals surface area (Å²) >= 11 is 2.23. The van der Waals surface area contributed by atoms with E-state index in [1.165, 1.54) is 0 Å². The molecule has 2 rings (SSSR count). The third kappa shape index (κ3) is 2.80. The van der Waals surface area contributed by atoms with Crippen molar-refractivity contribution < 1.29 is 4.74 Å². The number of hydrazine groups is 1. The molecule has 1 heterocycles. The van der Waals surface area contributed by atoms with Crippen LogP contribution in [-0.2, 0) is 0 Å². The van der Waals surface area contributed by atoms with Crippen LogP contribution in [-0.4, -0.2) is 9.97 Å². The standard InChI is InChI=1S/C10H9IN4O/c11-7-1-3-8(4-2-7)16-9-5-13-10(15-12)14-6-9/h1-6H,12H2,(H,13,14,15). The van der Waals surface area contributed by atoms with Gasteiger partial charge in [0.05, 0.1) is 12.4 Å². The Morgan fingerprint density at radius 1 is 1.06 bits per heavy atom. The minimum atomic E-state index is 0.356. The molecule has 1 aromatic carbocycles. The summed E-state index contributed by atoms with van der Waals surface area (Å²) in [4.78, 5) is 7.87. The molecule has 0 aliphatic heterocycles. The molecule has 0 aliphatic carbocycles. The minimum Gasteiger partial charge on any atom is -0.454 e. The number of ether oxygens (including phenoxy) is 1. The number of nitrogens with two attached hydrogens (primary N) is 1. The average molecular weight is 328 g/mol.